The molecule has 2 aromatic carbocycles. The molecule has 0 aliphatic heterocycles. The number of halogens is 1. The minimum atomic E-state index is -3.86. The number of amides is 1. The van der Waals surface area contributed by atoms with Crippen LogP contribution in [0, 0.1) is 10.1 Å². The Bertz CT molecular complexity index is 868. The van der Waals surface area contributed by atoms with Crippen LogP contribution in [0.5, 0.6) is 0 Å². The van der Waals surface area contributed by atoms with E-state index in [-0.39, 0.29) is 16.3 Å². The summed E-state index contributed by atoms with van der Waals surface area (Å²) in [6.45, 7) is -0.520. The molecule has 0 aliphatic rings. The van der Waals surface area contributed by atoms with E-state index in [9.17, 15) is 23.3 Å². The maximum absolute atomic E-state index is 12.0. The van der Waals surface area contributed by atoms with Gasteiger partial charge in [0.25, 0.3) is 5.69 Å². The summed E-state index contributed by atoms with van der Waals surface area (Å²) in [7, 11) is -3.86. The van der Waals surface area contributed by atoms with Gasteiger partial charge in [-0.3, -0.25) is 14.9 Å². The monoisotopic (exact) mass is 369 g/mol. The van der Waals surface area contributed by atoms with Crippen molar-refractivity contribution in [2.45, 2.75) is 4.90 Å². The van der Waals surface area contributed by atoms with Gasteiger partial charge in [-0.05, 0) is 30.3 Å². The first-order chi connectivity index (χ1) is 11.3. The quantitative estimate of drug-likeness (QED) is 0.597. The van der Waals surface area contributed by atoms with Gasteiger partial charge in [-0.25, -0.2) is 13.1 Å². The summed E-state index contributed by atoms with van der Waals surface area (Å²) in [6.07, 6.45) is 0. The molecular formula is C14H12ClN3O5S. The highest BCUT2D eigenvalue weighted by molar-refractivity contribution is 7.89. The maximum atomic E-state index is 12.0. The predicted molar refractivity (Wildman–Crippen MR) is 88.4 cm³/mol. The van der Waals surface area contributed by atoms with Crippen LogP contribution in [0.3, 0.4) is 0 Å². The van der Waals surface area contributed by atoms with Crippen LogP contribution >= 0.6 is 11.6 Å². The van der Waals surface area contributed by atoms with E-state index in [1.54, 1.807) is 0 Å². The molecule has 0 spiro atoms. The standard InChI is InChI=1S/C14H12ClN3O5S/c15-10-4-6-13(7-5-10)24(22,23)16-9-14(19)17-11-2-1-3-12(8-11)18(20)21/h1-8,16H,9H2,(H,17,19). The summed E-state index contributed by atoms with van der Waals surface area (Å²) in [5.41, 5.74) is 0.00874. The second-order valence-electron chi connectivity index (χ2n) is 4.63. The fourth-order valence-electron chi connectivity index (χ4n) is 1.76. The molecule has 0 saturated carbocycles. The van der Waals surface area contributed by atoms with Gasteiger partial charge in [0, 0.05) is 22.8 Å². The third kappa shape index (κ3) is 4.75. The van der Waals surface area contributed by atoms with E-state index in [4.69, 9.17) is 11.6 Å². The van der Waals surface area contributed by atoms with Gasteiger partial charge in [-0.2, -0.15) is 0 Å². The molecule has 10 heteroatoms. The Balaban J connectivity index is 1.99. The van der Waals surface area contributed by atoms with Gasteiger partial charge in [0.2, 0.25) is 15.9 Å². The minimum absolute atomic E-state index is 0.0324. The summed E-state index contributed by atoms with van der Waals surface area (Å²) in [4.78, 5) is 21.8. The second-order valence-corrected chi connectivity index (χ2v) is 6.84. The van der Waals surface area contributed by atoms with Crippen LogP contribution in [0.15, 0.2) is 53.4 Å². The van der Waals surface area contributed by atoms with Gasteiger partial charge < -0.3 is 5.32 Å². The predicted octanol–water partition coefficient (Wildman–Crippen LogP) is 2.17. The summed E-state index contributed by atoms with van der Waals surface area (Å²) in [5, 5.41) is 13.4. The van der Waals surface area contributed by atoms with Crippen LogP contribution in [0.2, 0.25) is 5.02 Å². The zero-order valence-corrected chi connectivity index (χ0v) is 13.7. The lowest BCUT2D eigenvalue weighted by atomic mass is 10.3. The summed E-state index contributed by atoms with van der Waals surface area (Å²) >= 11 is 5.69. The molecule has 0 aliphatic carbocycles. The lowest BCUT2D eigenvalue weighted by Gasteiger charge is -2.08. The Morgan fingerprint density at radius 1 is 1.17 bits per heavy atom. The molecule has 2 aromatic rings. The molecule has 0 saturated heterocycles. The molecule has 0 radical (unpaired) electrons. The number of carbonyl (C=O) groups excluding carboxylic acids is 1. The zero-order chi connectivity index (χ0) is 17.7. The van der Waals surface area contributed by atoms with E-state index < -0.39 is 27.4 Å². The van der Waals surface area contributed by atoms with E-state index in [0.717, 1.165) is 0 Å². The lowest BCUT2D eigenvalue weighted by molar-refractivity contribution is -0.384. The van der Waals surface area contributed by atoms with E-state index in [0.29, 0.717) is 5.02 Å². The molecular weight excluding hydrogens is 358 g/mol. The molecule has 0 atom stereocenters. The van der Waals surface area contributed by atoms with Crippen molar-refractivity contribution < 1.29 is 18.1 Å². The Morgan fingerprint density at radius 2 is 1.83 bits per heavy atom. The van der Waals surface area contributed by atoms with Crippen molar-refractivity contribution in [1.29, 1.82) is 0 Å². The molecule has 0 bridgehead atoms. The summed E-state index contributed by atoms with van der Waals surface area (Å²) in [6, 6.07) is 10.8. The number of carbonyl (C=O) groups is 1. The van der Waals surface area contributed by atoms with Crippen molar-refractivity contribution in [2.24, 2.45) is 0 Å². The topological polar surface area (TPSA) is 118 Å². The maximum Gasteiger partial charge on any atom is 0.271 e. The Kier molecular flexibility index (Phi) is 5.50. The fourth-order valence-corrected chi connectivity index (χ4v) is 2.87. The lowest BCUT2D eigenvalue weighted by Crippen LogP contribution is -2.32. The van der Waals surface area contributed by atoms with Gasteiger partial charge in [0.15, 0.2) is 0 Å². The largest absolute Gasteiger partial charge is 0.325 e. The van der Waals surface area contributed by atoms with Crippen molar-refractivity contribution in [3.05, 3.63) is 63.7 Å². The number of benzene rings is 2. The van der Waals surface area contributed by atoms with Crippen molar-refractivity contribution in [1.82, 2.24) is 4.72 Å². The van der Waals surface area contributed by atoms with E-state index >= 15 is 0 Å². The molecule has 0 heterocycles. The number of hydrogen-bond donors (Lipinski definition) is 2. The van der Waals surface area contributed by atoms with Crippen LogP contribution in [-0.4, -0.2) is 25.8 Å². The highest BCUT2D eigenvalue weighted by Crippen LogP contribution is 2.17. The number of hydrogen-bond acceptors (Lipinski definition) is 5. The van der Waals surface area contributed by atoms with E-state index in [1.807, 2.05) is 0 Å². The van der Waals surface area contributed by atoms with Crippen LogP contribution in [0.1, 0.15) is 0 Å². The molecule has 1 amide bonds. The number of sulfonamides is 1. The number of nitro benzene ring substituents is 1. The van der Waals surface area contributed by atoms with Gasteiger partial charge in [0.1, 0.15) is 0 Å². The Hall–Kier alpha value is -2.49. The molecule has 0 fully saturated rings. The van der Waals surface area contributed by atoms with Gasteiger partial charge in [0.05, 0.1) is 16.4 Å². The normalized spacial score (nSPS) is 11.0. The van der Waals surface area contributed by atoms with Crippen molar-refractivity contribution in [3.63, 3.8) is 0 Å². The fraction of sp³-hybridized carbons (Fsp3) is 0.0714. The highest BCUT2D eigenvalue weighted by atomic mass is 35.5. The number of nitrogens with one attached hydrogen (secondary N) is 2. The number of rotatable bonds is 6. The van der Waals surface area contributed by atoms with E-state index in [2.05, 4.69) is 10.0 Å². The number of nitro groups is 1. The van der Waals surface area contributed by atoms with Gasteiger partial charge in [-0.15, -0.1) is 0 Å². The Labute approximate surface area is 142 Å². The third-order valence-electron chi connectivity index (χ3n) is 2.89. The first kappa shape index (κ1) is 17.9. The highest BCUT2D eigenvalue weighted by Gasteiger charge is 2.16. The smallest absolute Gasteiger partial charge is 0.271 e. The summed E-state index contributed by atoms with van der Waals surface area (Å²) < 4.78 is 26.2. The van der Waals surface area contributed by atoms with Crippen LogP contribution in [0.4, 0.5) is 11.4 Å². The van der Waals surface area contributed by atoms with Crippen LogP contribution < -0.4 is 10.0 Å². The third-order valence-corrected chi connectivity index (χ3v) is 4.56. The molecule has 8 nitrogen and oxygen atoms in total. The summed E-state index contributed by atoms with van der Waals surface area (Å²) in [5.74, 6) is -0.659. The van der Waals surface area contributed by atoms with Crippen LogP contribution in [0.25, 0.3) is 0 Å². The second kappa shape index (κ2) is 7.39. The average Bonchev–Trinajstić information content (AvgIpc) is 2.54. The molecule has 2 rings (SSSR count). The van der Waals surface area contributed by atoms with Crippen molar-refractivity contribution in [2.75, 3.05) is 11.9 Å². The molecule has 126 valence electrons. The number of nitrogens with zero attached hydrogens (tertiary/aromatic N) is 1. The molecule has 24 heavy (non-hydrogen) atoms. The van der Waals surface area contributed by atoms with Crippen LogP contribution in [-0.2, 0) is 14.8 Å². The number of non-ortho nitro benzene ring substituents is 1. The SMILES string of the molecule is O=C(CNS(=O)(=O)c1ccc(Cl)cc1)Nc1cccc([N+](=O)[O-])c1. The number of anilines is 1. The first-order valence-electron chi connectivity index (χ1n) is 6.57. The van der Waals surface area contributed by atoms with E-state index in [1.165, 1.54) is 48.5 Å². The average molecular weight is 370 g/mol. The van der Waals surface area contributed by atoms with Crippen molar-refractivity contribution >= 4 is 38.9 Å². The zero-order valence-electron chi connectivity index (χ0n) is 12.1. The van der Waals surface area contributed by atoms with Gasteiger partial charge >= 0.3 is 0 Å². The van der Waals surface area contributed by atoms with Gasteiger partial charge in [-0.1, -0.05) is 17.7 Å². The van der Waals surface area contributed by atoms with Crippen molar-refractivity contribution in [3.8, 4) is 0 Å². The first-order valence-corrected chi connectivity index (χ1v) is 8.43. The molecule has 2 N–H and O–H groups in total. The molecule has 0 aromatic heterocycles. The Morgan fingerprint density at radius 3 is 2.46 bits per heavy atom. The molecule has 0 unspecified atom stereocenters. The minimum Gasteiger partial charge on any atom is -0.325 e.